The number of hydrogen-bond donors (Lipinski definition) is 1. The fraction of sp³-hybridized carbons (Fsp3) is 0.300. The molecule has 0 radical (unpaired) electrons. The molecule has 2 aromatic rings. The summed E-state index contributed by atoms with van der Waals surface area (Å²) in [6, 6.07) is 17.3. The van der Waals surface area contributed by atoms with Crippen LogP contribution in [0.3, 0.4) is 0 Å². The maximum Gasteiger partial charge on any atom is 0.238 e. The Morgan fingerprint density at radius 3 is 2.96 bits per heavy atom. The van der Waals surface area contributed by atoms with Gasteiger partial charge in [-0.1, -0.05) is 18.2 Å². The van der Waals surface area contributed by atoms with Gasteiger partial charge >= 0.3 is 0 Å². The zero-order valence-corrected chi connectivity index (χ0v) is 14.2. The molecule has 0 aliphatic carbocycles. The van der Waals surface area contributed by atoms with Crippen molar-refractivity contribution >= 4 is 11.6 Å². The molecule has 5 nitrogen and oxygen atoms in total. The molecule has 128 valence electrons. The average molecular weight is 335 g/mol. The molecule has 5 heteroatoms. The predicted octanol–water partition coefficient (Wildman–Crippen LogP) is 3.34. The van der Waals surface area contributed by atoms with Crippen LogP contribution in [0.25, 0.3) is 0 Å². The lowest BCUT2D eigenvalue weighted by atomic mass is 10.0. The van der Waals surface area contributed by atoms with Gasteiger partial charge in [0.2, 0.25) is 5.91 Å². The minimum Gasteiger partial charge on any atom is -0.497 e. The van der Waals surface area contributed by atoms with Gasteiger partial charge in [0.05, 0.1) is 25.3 Å². The van der Waals surface area contributed by atoms with E-state index in [-0.39, 0.29) is 11.9 Å². The Morgan fingerprint density at radius 2 is 2.16 bits per heavy atom. The second-order valence-corrected chi connectivity index (χ2v) is 6.15. The van der Waals surface area contributed by atoms with Crippen LogP contribution in [0, 0.1) is 11.3 Å². The third kappa shape index (κ3) is 4.17. The van der Waals surface area contributed by atoms with Gasteiger partial charge in [-0.2, -0.15) is 5.26 Å². The molecule has 1 N–H and O–H groups in total. The van der Waals surface area contributed by atoms with Crippen LogP contribution in [0.1, 0.15) is 30.0 Å². The molecule has 25 heavy (non-hydrogen) atoms. The number of benzene rings is 2. The summed E-state index contributed by atoms with van der Waals surface area (Å²) in [4.78, 5) is 14.6. The second kappa shape index (κ2) is 7.82. The summed E-state index contributed by atoms with van der Waals surface area (Å²) in [6.45, 7) is 1.23. The third-order valence-corrected chi connectivity index (χ3v) is 4.46. The van der Waals surface area contributed by atoms with Crippen LogP contribution in [0.15, 0.2) is 48.5 Å². The molecular formula is C20H21N3O2. The first-order valence-corrected chi connectivity index (χ1v) is 8.37. The van der Waals surface area contributed by atoms with Crippen molar-refractivity contribution < 1.29 is 9.53 Å². The lowest BCUT2D eigenvalue weighted by molar-refractivity contribution is -0.117. The summed E-state index contributed by atoms with van der Waals surface area (Å²) in [5.74, 6) is 0.770. The number of nitrogens with zero attached hydrogens (tertiary/aromatic N) is 2. The van der Waals surface area contributed by atoms with Crippen molar-refractivity contribution in [3.8, 4) is 11.8 Å². The zero-order valence-electron chi connectivity index (χ0n) is 14.2. The van der Waals surface area contributed by atoms with E-state index in [1.165, 1.54) is 5.56 Å². The maximum atomic E-state index is 12.4. The number of methoxy groups -OCH3 is 1. The first kappa shape index (κ1) is 17.0. The molecule has 1 aliphatic rings. The van der Waals surface area contributed by atoms with Gasteiger partial charge in [0.1, 0.15) is 5.75 Å². The Morgan fingerprint density at radius 1 is 1.32 bits per heavy atom. The van der Waals surface area contributed by atoms with E-state index >= 15 is 0 Å². The summed E-state index contributed by atoms with van der Waals surface area (Å²) in [5.41, 5.74) is 2.37. The summed E-state index contributed by atoms with van der Waals surface area (Å²) < 4.78 is 5.31. The monoisotopic (exact) mass is 335 g/mol. The van der Waals surface area contributed by atoms with Crippen LogP contribution < -0.4 is 10.1 Å². The normalized spacial score (nSPS) is 17.0. The number of nitriles is 1. The van der Waals surface area contributed by atoms with Crippen molar-refractivity contribution in [1.82, 2.24) is 4.90 Å². The van der Waals surface area contributed by atoms with Crippen LogP contribution in [-0.4, -0.2) is 31.0 Å². The van der Waals surface area contributed by atoms with E-state index in [2.05, 4.69) is 22.4 Å². The van der Waals surface area contributed by atoms with Crippen molar-refractivity contribution in [1.29, 1.82) is 5.26 Å². The number of nitrogens with one attached hydrogen (secondary N) is 1. The van der Waals surface area contributed by atoms with Crippen LogP contribution in [0.2, 0.25) is 0 Å². The molecule has 1 amide bonds. The number of carbonyl (C=O) groups is 1. The highest BCUT2D eigenvalue weighted by Crippen LogP contribution is 2.33. The Bertz CT molecular complexity index is 798. The number of rotatable bonds is 5. The Balaban J connectivity index is 1.66. The molecule has 0 saturated carbocycles. The molecule has 1 unspecified atom stereocenters. The topological polar surface area (TPSA) is 65.4 Å². The fourth-order valence-electron chi connectivity index (χ4n) is 3.29. The van der Waals surface area contributed by atoms with Crippen molar-refractivity contribution in [2.45, 2.75) is 18.9 Å². The highest BCUT2D eigenvalue weighted by atomic mass is 16.5. The zero-order chi connectivity index (χ0) is 17.6. The van der Waals surface area contributed by atoms with Gasteiger partial charge in [-0.25, -0.2) is 0 Å². The first-order chi connectivity index (χ1) is 12.2. The summed E-state index contributed by atoms with van der Waals surface area (Å²) in [6.07, 6.45) is 2.10. The summed E-state index contributed by atoms with van der Waals surface area (Å²) in [5, 5.41) is 11.8. The third-order valence-electron chi connectivity index (χ3n) is 4.46. The smallest absolute Gasteiger partial charge is 0.238 e. The SMILES string of the molecule is COc1cccc(C2CCCN2CC(=O)Nc2cccc(C#N)c2)c1. The van der Waals surface area contributed by atoms with E-state index in [1.54, 1.807) is 31.4 Å². The van der Waals surface area contributed by atoms with Crippen molar-refractivity contribution in [3.63, 3.8) is 0 Å². The molecule has 1 aliphatic heterocycles. The Kier molecular flexibility index (Phi) is 5.32. The molecular weight excluding hydrogens is 314 g/mol. The van der Waals surface area contributed by atoms with Crippen molar-refractivity contribution in [3.05, 3.63) is 59.7 Å². The molecule has 0 spiro atoms. The molecule has 3 rings (SSSR count). The lowest BCUT2D eigenvalue weighted by Crippen LogP contribution is -2.32. The average Bonchev–Trinajstić information content (AvgIpc) is 3.09. The summed E-state index contributed by atoms with van der Waals surface area (Å²) in [7, 11) is 1.66. The predicted molar refractivity (Wildman–Crippen MR) is 96.3 cm³/mol. The quantitative estimate of drug-likeness (QED) is 0.910. The lowest BCUT2D eigenvalue weighted by Gasteiger charge is -2.24. The van der Waals surface area contributed by atoms with Gasteiger partial charge in [-0.05, 0) is 55.3 Å². The van der Waals surface area contributed by atoms with E-state index in [1.807, 2.05) is 18.2 Å². The molecule has 1 atom stereocenters. The van der Waals surface area contributed by atoms with Crippen LogP contribution in [0.4, 0.5) is 5.69 Å². The van der Waals surface area contributed by atoms with Gasteiger partial charge in [-0.15, -0.1) is 0 Å². The van der Waals surface area contributed by atoms with E-state index in [9.17, 15) is 4.79 Å². The number of likely N-dealkylation sites (tertiary alicyclic amines) is 1. The number of carbonyl (C=O) groups excluding carboxylic acids is 1. The van der Waals surface area contributed by atoms with E-state index in [4.69, 9.17) is 10.00 Å². The van der Waals surface area contributed by atoms with Gasteiger partial charge in [0.25, 0.3) is 0 Å². The molecule has 0 aromatic heterocycles. The Hall–Kier alpha value is -2.84. The number of amides is 1. The van der Waals surface area contributed by atoms with Crippen molar-refractivity contribution in [2.24, 2.45) is 0 Å². The summed E-state index contributed by atoms with van der Waals surface area (Å²) >= 11 is 0. The van der Waals surface area contributed by atoms with E-state index < -0.39 is 0 Å². The standard InChI is InChI=1S/C20H21N3O2/c1-25-18-8-3-6-16(12-18)19-9-4-10-23(19)14-20(24)22-17-7-2-5-15(11-17)13-21/h2-3,5-8,11-12,19H,4,9-10,14H2,1H3,(H,22,24). The highest BCUT2D eigenvalue weighted by Gasteiger charge is 2.27. The van der Waals surface area contributed by atoms with Crippen LogP contribution in [-0.2, 0) is 4.79 Å². The van der Waals surface area contributed by atoms with E-state index in [0.717, 1.165) is 25.1 Å². The number of anilines is 1. The molecule has 2 aromatic carbocycles. The minimum absolute atomic E-state index is 0.0649. The van der Waals surface area contributed by atoms with Gasteiger partial charge in [0, 0.05) is 11.7 Å². The fourth-order valence-corrected chi connectivity index (χ4v) is 3.29. The van der Waals surface area contributed by atoms with E-state index in [0.29, 0.717) is 17.8 Å². The first-order valence-electron chi connectivity index (χ1n) is 8.37. The number of ether oxygens (including phenoxy) is 1. The molecule has 0 bridgehead atoms. The Labute approximate surface area is 147 Å². The molecule has 1 fully saturated rings. The maximum absolute atomic E-state index is 12.4. The van der Waals surface area contributed by atoms with Crippen LogP contribution >= 0.6 is 0 Å². The highest BCUT2D eigenvalue weighted by molar-refractivity contribution is 5.92. The molecule has 1 heterocycles. The number of hydrogen-bond acceptors (Lipinski definition) is 4. The van der Waals surface area contributed by atoms with Crippen LogP contribution in [0.5, 0.6) is 5.75 Å². The van der Waals surface area contributed by atoms with Gasteiger partial charge < -0.3 is 10.1 Å². The van der Waals surface area contributed by atoms with Crippen molar-refractivity contribution in [2.75, 3.05) is 25.5 Å². The van der Waals surface area contributed by atoms with Gasteiger partial charge in [0.15, 0.2) is 0 Å². The second-order valence-electron chi connectivity index (χ2n) is 6.15. The molecule has 1 saturated heterocycles. The minimum atomic E-state index is -0.0649. The van der Waals surface area contributed by atoms with Gasteiger partial charge in [-0.3, -0.25) is 9.69 Å². The largest absolute Gasteiger partial charge is 0.497 e.